The van der Waals surface area contributed by atoms with Crippen molar-refractivity contribution in [1.82, 2.24) is 20.3 Å². The molecule has 1 aromatic heterocycles. The maximum absolute atomic E-state index is 12.1. The van der Waals surface area contributed by atoms with Crippen LogP contribution < -0.4 is 29.7 Å². The van der Waals surface area contributed by atoms with Gasteiger partial charge in [0.1, 0.15) is 11.5 Å². The lowest BCUT2D eigenvalue weighted by Gasteiger charge is -2.13. The molecule has 2 aromatic rings. The molecule has 0 saturated heterocycles. The van der Waals surface area contributed by atoms with E-state index >= 15 is 0 Å². The van der Waals surface area contributed by atoms with Gasteiger partial charge < -0.3 is 29.7 Å². The Kier molecular flexibility index (Phi) is 6.36. The Labute approximate surface area is 151 Å². The van der Waals surface area contributed by atoms with Gasteiger partial charge in [-0.25, -0.2) is 4.79 Å². The molecule has 0 saturated carbocycles. The molecule has 0 aliphatic heterocycles. The van der Waals surface area contributed by atoms with E-state index in [9.17, 15) is 4.79 Å². The highest BCUT2D eigenvalue weighted by molar-refractivity contribution is 5.89. The van der Waals surface area contributed by atoms with Gasteiger partial charge in [-0.2, -0.15) is 15.0 Å². The van der Waals surface area contributed by atoms with Crippen LogP contribution in [0.3, 0.4) is 0 Å². The summed E-state index contributed by atoms with van der Waals surface area (Å²) in [4.78, 5) is 26.3. The fraction of sp³-hybridized carbons (Fsp3) is 0.375. The van der Waals surface area contributed by atoms with E-state index in [1.165, 1.54) is 21.3 Å². The molecule has 0 atom stereocenters. The number of benzene rings is 1. The first kappa shape index (κ1) is 19.0. The van der Waals surface area contributed by atoms with Crippen molar-refractivity contribution in [3.05, 3.63) is 24.0 Å². The Morgan fingerprint density at radius 2 is 1.65 bits per heavy atom. The van der Waals surface area contributed by atoms with E-state index in [0.29, 0.717) is 29.0 Å². The van der Waals surface area contributed by atoms with E-state index in [0.717, 1.165) is 0 Å². The molecule has 0 aliphatic carbocycles. The van der Waals surface area contributed by atoms with Crippen molar-refractivity contribution < 1.29 is 19.0 Å². The van der Waals surface area contributed by atoms with Gasteiger partial charge in [0.2, 0.25) is 5.95 Å². The molecule has 2 amide bonds. The molecular weight excluding hydrogens is 340 g/mol. The normalized spacial score (nSPS) is 10.0. The molecule has 2 N–H and O–H groups in total. The number of hydrogen-bond acceptors (Lipinski definition) is 8. The zero-order chi connectivity index (χ0) is 19.1. The highest BCUT2D eigenvalue weighted by atomic mass is 16.5. The monoisotopic (exact) mass is 362 g/mol. The van der Waals surface area contributed by atoms with Gasteiger partial charge >= 0.3 is 12.0 Å². The zero-order valence-electron chi connectivity index (χ0n) is 15.4. The fourth-order valence-corrected chi connectivity index (χ4v) is 1.97. The molecule has 0 unspecified atom stereocenters. The molecule has 10 heteroatoms. The van der Waals surface area contributed by atoms with Crippen molar-refractivity contribution >= 4 is 17.7 Å². The predicted octanol–water partition coefficient (Wildman–Crippen LogP) is 1.29. The molecule has 0 aliphatic rings. The molecule has 1 heterocycles. The molecular formula is C16H22N6O4. The third-order valence-corrected chi connectivity index (χ3v) is 3.25. The number of amides is 2. The van der Waals surface area contributed by atoms with E-state index in [1.54, 1.807) is 37.2 Å². The summed E-state index contributed by atoms with van der Waals surface area (Å²) in [5.74, 6) is 1.94. The first-order chi connectivity index (χ1) is 12.4. The number of aromatic nitrogens is 3. The molecule has 0 radical (unpaired) electrons. The minimum atomic E-state index is -0.425. The van der Waals surface area contributed by atoms with Gasteiger partial charge in [-0.05, 0) is 0 Å². The molecule has 10 nitrogen and oxygen atoms in total. The van der Waals surface area contributed by atoms with Crippen LogP contribution in [-0.2, 0) is 6.54 Å². The van der Waals surface area contributed by atoms with Crippen LogP contribution in [0.25, 0.3) is 0 Å². The zero-order valence-corrected chi connectivity index (χ0v) is 15.4. The van der Waals surface area contributed by atoms with Crippen molar-refractivity contribution in [2.45, 2.75) is 6.54 Å². The number of urea groups is 1. The van der Waals surface area contributed by atoms with E-state index in [4.69, 9.17) is 14.2 Å². The number of nitrogens with one attached hydrogen (secondary N) is 2. The average Bonchev–Trinajstić information content (AvgIpc) is 2.65. The van der Waals surface area contributed by atoms with Crippen LogP contribution in [0.2, 0.25) is 0 Å². The SMILES string of the molecule is COc1cc(NC(=O)NCc2nc(OC)nc(N(C)C)n2)cc(OC)c1. The second-order valence-corrected chi connectivity index (χ2v) is 5.34. The van der Waals surface area contributed by atoms with Crippen LogP contribution >= 0.6 is 0 Å². The van der Waals surface area contributed by atoms with Crippen LogP contribution in [0.4, 0.5) is 16.4 Å². The summed E-state index contributed by atoms with van der Waals surface area (Å²) >= 11 is 0. The van der Waals surface area contributed by atoms with Crippen LogP contribution in [0.1, 0.15) is 5.82 Å². The van der Waals surface area contributed by atoms with Crippen molar-refractivity contribution in [2.75, 3.05) is 45.6 Å². The first-order valence-electron chi connectivity index (χ1n) is 7.69. The summed E-state index contributed by atoms with van der Waals surface area (Å²) in [7, 11) is 8.14. The van der Waals surface area contributed by atoms with Gasteiger partial charge in [0.25, 0.3) is 0 Å². The maximum Gasteiger partial charge on any atom is 0.321 e. The van der Waals surface area contributed by atoms with Crippen molar-refractivity contribution in [3.63, 3.8) is 0 Å². The highest BCUT2D eigenvalue weighted by Crippen LogP contribution is 2.25. The second kappa shape index (κ2) is 8.70. The minimum absolute atomic E-state index is 0.104. The number of rotatable bonds is 7. The summed E-state index contributed by atoms with van der Waals surface area (Å²) in [5.41, 5.74) is 0.529. The van der Waals surface area contributed by atoms with Gasteiger partial charge in [0.05, 0.1) is 27.9 Å². The summed E-state index contributed by atoms with van der Waals surface area (Å²) in [6, 6.07) is 4.82. The lowest BCUT2D eigenvalue weighted by Crippen LogP contribution is -2.29. The molecule has 1 aromatic carbocycles. The summed E-state index contributed by atoms with van der Waals surface area (Å²) in [6.45, 7) is 0.104. The number of carbonyl (C=O) groups is 1. The number of hydrogen-bond donors (Lipinski definition) is 2. The Hall–Kier alpha value is -3.30. The van der Waals surface area contributed by atoms with E-state index in [-0.39, 0.29) is 12.6 Å². The van der Waals surface area contributed by atoms with Crippen molar-refractivity contribution in [3.8, 4) is 17.5 Å². The molecule has 0 spiro atoms. The third-order valence-electron chi connectivity index (χ3n) is 3.25. The largest absolute Gasteiger partial charge is 0.497 e. The Morgan fingerprint density at radius 1 is 1.00 bits per heavy atom. The van der Waals surface area contributed by atoms with Gasteiger partial charge in [0, 0.05) is 38.0 Å². The fourth-order valence-electron chi connectivity index (χ4n) is 1.97. The van der Waals surface area contributed by atoms with Gasteiger partial charge in [-0.1, -0.05) is 0 Å². The quantitative estimate of drug-likeness (QED) is 0.758. The molecule has 26 heavy (non-hydrogen) atoms. The van der Waals surface area contributed by atoms with Crippen molar-refractivity contribution in [2.24, 2.45) is 0 Å². The van der Waals surface area contributed by atoms with E-state index in [2.05, 4.69) is 25.6 Å². The smallest absolute Gasteiger partial charge is 0.321 e. The maximum atomic E-state index is 12.1. The summed E-state index contributed by atoms with van der Waals surface area (Å²) in [5, 5.41) is 5.39. The molecule has 0 fully saturated rings. The highest BCUT2D eigenvalue weighted by Gasteiger charge is 2.10. The standard InChI is InChI=1S/C16H22N6O4/c1-22(2)14-19-13(20-16(21-14)26-5)9-17-15(23)18-10-6-11(24-3)8-12(7-10)25-4/h6-8H,9H2,1-5H3,(H2,17,18,23). The van der Waals surface area contributed by atoms with Crippen LogP contribution in [0.5, 0.6) is 17.5 Å². The number of carbonyl (C=O) groups excluding carboxylic acids is 1. The van der Waals surface area contributed by atoms with E-state index in [1.807, 2.05) is 0 Å². The lowest BCUT2D eigenvalue weighted by molar-refractivity contribution is 0.251. The van der Waals surface area contributed by atoms with Crippen molar-refractivity contribution in [1.29, 1.82) is 0 Å². The van der Waals surface area contributed by atoms with E-state index < -0.39 is 6.03 Å². The lowest BCUT2D eigenvalue weighted by atomic mass is 10.3. The summed E-state index contributed by atoms with van der Waals surface area (Å²) < 4.78 is 15.4. The molecule has 140 valence electrons. The number of methoxy groups -OCH3 is 3. The first-order valence-corrected chi connectivity index (χ1v) is 7.69. The Balaban J connectivity index is 2.04. The second-order valence-electron chi connectivity index (χ2n) is 5.34. The van der Waals surface area contributed by atoms with Gasteiger partial charge in [0.15, 0.2) is 5.82 Å². The number of ether oxygens (including phenoxy) is 3. The van der Waals surface area contributed by atoms with Crippen LogP contribution in [0, 0.1) is 0 Å². The minimum Gasteiger partial charge on any atom is -0.497 e. The van der Waals surface area contributed by atoms with Gasteiger partial charge in [-0.3, -0.25) is 0 Å². The Bertz CT molecular complexity index is 746. The number of nitrogens with zero attached hydrogens (tertiary/aromatic N) is 4. The predicted molar refractivity (Wildman–Crippen MR) is 96.1 cm³/mol. The topological polar surface area (TPSA) is 111 Å². The van der Waals surface area contributed by atoms with Crippen LogP contribution in [0.15, 0.2) is 18.2 Å². The number of anilines is 2. The molecule has 0 bridgehead atoms. The summed E-state index contributed by atoms with van der Waals surface area (Å²) in [6.07, 6.45) is 0. The van der Waals surface area contributed by atoms with Gasteiger partial charge in [-0.15, -0.1) is 0 Å². The molecule has 2 rings (SSSR count). The average molecular weight is 362 g/mol. The Morgan fingerprint density at radius 3 is 2.19 bits per heavy atom. The third kappa shape index (κ3) is 5.10. The van der Waals surface area contributed by atoms with Crippen LogP contribution in [-0.4, -0.2) is 56.4 Å².